The van der Waals surface area contributed by atoms with Gasteiger partial charge in [0.1, 0.15) is 0 Å². The first-order valence-electron chi connectivity index (χ1n) is 4.42. The van der Waals surface area contributed by atoms with Crippen LogP contribution in [0, 0.1) is 6.92 Å². The first-order chi connectivity index (χ1) is 6.97. The van der Waals surface area contributed by atoms with E-state index in [0.29, 0.717) is 0 Å². The maximum Gasteiger partial charge on any atom is 0.332 e. The second-order valence-corrected chi connectivity index (χ2v) is 4.80. The summed E-state index contributed by atoms with van der Waals surface area (Å²) in [4.78, 5) is -0.293. The number of aryl methyl sites for hydroxylation is 1. The van der Waals surface area contributed by atoms with E-state index in [4.69, 9.17) is 0 Å². The quantitative estimate of drug-likeness (QED) is 0.698. The minimum atomic E-state index is -4.60. The number of benzene rings is 2. The number of hydrogen-bond donors (Lipinski definition) is 0. The maximum atomic E-state index is 12.7. The Labute approximate surface area is 87.6 Å². The van der Waals surface area contributed by atoms with Crippen LogP contribution in [0.3, 0.4) is 0 Å². The highest BCUT2D eigenvalue weighted by Gasteiger charge is 2.11. The molecule has 15 heavy (non-hydrogen) atoms. The summed E-state index contributed by atoms with van der Waals surface area (Å²) >= 11 is 0. The Morgan fingerprint density at radius 2 is 1.60 bits per heavy atom. The zero-order valence-corrected chi connectivity index (χ0v) is 8.88. The molecule has 0 aliphatic heterocycles. The highest BCUT2D eigenvalue weighted by atomic mass is 32.3. The van der Waals surface area contributed by atoms with E-state index in [2.05, 4.69) is 0 Å². The molecule has 0 aliphatic rings. The molecule has 2 aromatic rings. The monoisotopic (exact) mass is 224 g/mol. The molecule has 0 N–H and O–H groups in total. The van der Waals surface area contributed by atoms with Gasteiger partial charge in [0.05, 0.1) is 4.90 Å². The minimum Gasteiger partial charge on any atom is -0.189 e. The summed E-state index contributed by atoms with van der Waals surface area (Å²) < 4.78 is 34.1. The third-order valence-corrected chi connectivity index (χ3v) is 3.07. The van der Waals surface area contributed by atoms with Crippen LogP contribution in [0.15, 0.2) is 41.3 Å². The molecule has 0 radical (unpaired) electrons. The second kappa shape index (κ2) is 3.31. The minimum absolute atomic E-state index is 0.293. The summed E-state index contributed by atoms with van der Waals surface area (Å²) in [5.41, 5.74) is 1.08. The van der Waals surface area contributed by atoms with Crippen LogP contribution in [-0.4, -0.2) is 8.42 Å². The van der Waals surface area contributed by atoms with Gasteiger partial charge in [-0.15, -0.1) is 3.89 Å². The van der Waals surface area contributed by atoms with Gasteiger partial charge in [0.2, 0.25) is 0 Å². The third-order valence-electron chi connectivity index (χ3n) is 2.25. The van der Waals surface area contributed by atoms with Crippen LogP contribution in [0.25, 0.3) is 10.8 Å². The smallest absolute Gasteiger partial charge is 0.189 e. The average Bonchev–Trinajstić information content (AvgIpc) is 2.15. The van der Waals surface area contributed by atoms with E-state index < -0.39 is 10.2 Å². The molecular weight excluding hydrogens is 215 g/mol. The molecule has 78 valence electrons. The zero-order valence-electron chi connectivity index (χ0n) is 8.07. The van der Waals surface area contributed by atoms with Crippen molar-refractivity contribution in [2.24, 2.45) is 0 Å². The molecule has 0 fully saturated rings. The molecule has 0 aliphatic carbocycles. The Balaban J connectivity index is 2.73. The van der Waals surface area contributed by atoms with Crippen LogP contribution in [0.4, 0.5) is 3.89 Å². The number of hydrogen-bond acceptors (Lipinski definition) is 2. The predicted molar refractivity (Wildman–Crippen MR) is 57.0 cm³/mol. The molecule has 0 saturated carbocycles. The van der Waals surface area contributed by atoms with E-state index in [-0.39, 0.29) is 4.90 Å². The van der Waals surface area contributed by atoms with E-state index in [9.17, 15) is 12.3 Å². The molecule has 0 spiro atoms. The lowest BCUT2D eigenvalue weighted by Gasteiger charge is -2.01. The molecule has 2 nitrogen and oxygen atoms in total. The van der Waals surface area contributed by atoms with Crippen LogP contribution in [0.5, 0.6) is 0 Å². The van der Waals surface area contributed by atoms with Gasteiger partial charge in [0, 0.05) is 0 Å². The molecule has 0 heterocycles. The van der Waals surface area contributed by atoms with Gasteiger partial charge in [-0.1, -0.05) is 29.8 Å². The topological polar surface area (TPSA) is 34.1 Å². The van der Waals surface area contributed by atoms with Gasteiger partial charge in [-0.05, 0) is 29.8 Å². The predicted octanol–water partition coefficient (Wildman–Crippen LogP) is 2.81. The van der Waals surface area contributed by atoms with Crippen molar-refractivity contribution in [3.05, 3.63) is 42.0 Å². The van der Waals surface area contributed by atoms with Gasteiger partial charge in [0.15, 0.2) is 0 Å². The molecule has 0 aromatic heterocycles. The summed E-state index contributed by atoms with van der Waals surface area (Å²) in [6, 6.07) is 9.77. The van der Waals surface area contributed by atoms with Gasteiger partial charge in [-0.3, -0.25) is 0 Å². The van der Waals surface area contributed by atoms with Crippen molar-refractivity contribution in [3.8, 4) is 0 Å². The van der Waals surface area contributed by atoms with Crippen LogP contribution < -0.4 is 0 Å². The van der Waals surface area contributed by atoms with E-state index >= 15 is 0 Å². The third kappa shape index (κ3) is 1.99. The standard InChI is InChI=1S/C11H9FO2S/c1-8-2-3-10-7-11(15(12,13)14)5-4-9(10)6-8/h2-7H,1H3. The van der Waals surface area contributed by atoms with Crippen molar-refractivity contribution in [1.82, 2.24) is 0 Å². The fraction of sp³-hybridized carbons (Fsp3) is 0.0909. The largest absolute Gasteiger partial charge is 0.332 e. The van der Waals surface area contributed by atoms with Crippen molar-refractivity contribution in [1.29, 1.82) is 0 Å². The summed E-state index contributed by atoms with van der Waals surface area (Å²) in [7, 11) is -4.60. The first kappa shape index (κ1) is 10.1. The van der Waals surface area contributed by atoms with Crippen LogP contribution in [0.1, 0.15) is 5.56 Å². The van der Waals surface area contributed by atoms with Crippen molar-refractivity contribution in [2.75, 3.05) is 0 Å². The number of fused-ring (bicyclic) bond motifs is 1. The molecule has 2 aromatic carbocycles. The lowest BCUT2D eigenvalue weighted by atomic mass is 10.1. The average molecular weight is 224 g/mol. The van der Waals surface area contributed by atoms with Crippen molar-refractivity contribution in [3.63, 3.8) is 0 Å². The second-order valence-electron chi connectivity index (χ2n) is 3.45. The molecule has 0 saturated heterocycles. The van der Waals surface area contributed by atoms with E-state index in [1.807, 2.05) is 19.1 Å². The summed E-state index contributed by atoms with van der Waals surface area (Å²) in [6.07, 6.45) is 0. The van der Waals surface area contributed by atoms with E-state index in [0.717, 1.165) is 16.3 Å². The van der Waals surface area contributed by atoms with Crippen LogP contribution in [0.2, 0.25) is 0 Å². The molecule has 0 unspecified atom stereocenters. The maximum absolute atomic E-state index is 12.7. The Morgan fingerprint density at radius 3 is 2.27 bits per heavy atom. The van der Waals surface area contributed by atoms with Crippen LogP contribution in [-0.2, 0) is 10.2 Å². The highest BCUT2D eigenvalue weighted by molar-refractivity contribution is 7.86. The summed E-state index contributed by atoms with van der Waals surface area (Å²) in [6.45, 7) is 1.94. The fourth-order valence-corrected chi connectivity index (χ4v) is 1.99. The van der Waals surface area contributed by atoms with Gasteiger partial charge >= 0.3 is 10.2 Å². The van der Waals surface area contributed by atoms with Crippen LogP contribution >= 0.6 is 0 Å². The molecule has 2 rings (SSSR count). The lowest BCUT2D eigenvalue weighted by molar-refractivity contribution is 0.552. The summed E-state index contributed by atoms with van der Waals surface area (Å²) in [5.74, 6) is 0. The molecule has 0 atom stereocenters. The molecule has 4 heteroatoms. The Morgan fingerprint density at radius 1 is 1.00 bits per heavy atom. The normalized spacial score (nSPS) is 11.9. The van der Waals surface area contributed by atoms with Gasteiger partial charge in [-0.25, -0.2) is 0 Å². The molecule has 0 bridgehead atoms. The summed E-state index contributed by atoms with van der Waals surface area (Å²) in [5, 5.41) is 1.63. The van der Waals surface area contributed by atoms with Gasteiger partial charge in [-0.2, -0.15) is 8.42 Å². The highest BCUT2D eigenvalue weighted by Crippen LogP contribution is 2.21. The lowest BCUT2D eigenvalue weighted by Crippen LogP contribution is -1.91. The molecular formula is C11H9FO2S. The van der Waals surface area contributed by atoms with Crippen molar-refractivity contribution >= 4 is 21.0 Å². The van der Waals surface area contributed by atoms with Crippen molar-refractivity contribution < 1.29 is 12.3 Å². The van der Waals surface area contributed by atoms with Gasteiger partial charge < -0.3 is 0 Å². The number of halogens is 1. The Hall–Kier alpha value is -1.42. The Bertz CT molecular complexity index is 618. The molecule has 0 amide bonds. The SMILES string of the molecule is Cc1ccc2cc(S(=O)(=O)F)ccc2c1. The van der Waals surface area contributed by atoms with E-state index in [1.54, 1.807) is 12.1 Å². The number of rotatable bonds is 1. The fourth-order valence-electron chi connectivity index (χ4n) is 1.49. The first-order valence-corrected chi connectivity index (χ1v) is 5.80. The van der Waals surface area contributed by atoms with E-state index in [1.165, 1.54) is 12.1 Å². The van der Waals surface area contributed by atoms with Crippen molar-refractivity contribution in [2.45, 2.75) is 11.8 Å². The Kier molecular flexibility index (Phi) is 2.23. The zero-order chi connectivity index (χ0) is 11.1. The van der Waals surface area contributed by atoms with Gasteiger partial charge in [0.25, 0.3) is 0 Å².